The third kappa shape index (κ3) is 6.17. The molecule has 3 heterocycles. The summed E-state index contributed by atoms with van der Waals surface area (Å²) in [6.45, 7) is 1.17. The summed E-state index contributed by atoms with van der Waals surface area (Å²) in [7, 11) is -1.88. The summed E-state index contributed by atoms with van der Waals surface area (Å²) in [5, 5.41) is 16.8. The number of hydrogen-bond acceptors (Lipinski definition) is 9. The van der Waals surface area contributed by atoms with E-state index in [0.717, 1.165) is 18.4 Å². The smallest absolute Gasteiger partial charge is 0.359 e. The molecule has 0 aromatic carbocycles. The first kappa shape index (κ1) is 28.4. The Balaban J connectivity index is 1.52. The van der Waals surface area contributed by atoms with Gasteiger partial charge in [-0.3, -0.25) is 9.56 Å². The first-order valence-corrected chi connectivity index (χ1v) is 14.3. The molecule has 0 spiro atoms. The standard InChI is InChI=1S/C23H35ClN5O7P/c1-14(25-2)11-23(13-34-3,37(31,32)33)35-12-16-10-19(30)20(36-16)17-8-9-18-21(26-15-6-4-5-7-15)27-22(24)28-29(17)18/h8-9,15-16,19-20,30H,4-7,10-13H2,1-3H3,(H,26,27,28)(H2,31,32,33)/t16-,19+,20-,23?/m0/s1. The predicted octanol–water partition coefficient (Wildman–Crippen LogP) is 2.95. The average molecular weight is 560 g/mol. The highest BCUT2D eigenvalue weighted by molar-refractivity contribution is 7.53. The molecule has 0 amide bonds. The van der Waals surface area contributed by atoms with Gasteiger partial charge in [-0.1, -0.05) is 12.8 Å². The molecule has 37 heavy (non-hydrogen) atoms. The van der Waals surface area contributed by atoms with Gasteiger partial charge < -0.3 is 34.4 Å². The number of nitrogens with one attached hydrogen (secondary N) is 1. The van der Waals surface area contributed by atoms with E-state index in [1.807, 2.05) is 12.1 Å². The number of ether oxygens (including phenoxy) is 3. The number of halogens is 1. The van der Waals surface area contributed by atoms with Crippen LogP contribution in [0.1, 0.15) is 57.2 Å². The largest absolute Gasteiger partial charge is 0.390 e. The van der Waals surface area contributed by atoms with Gasteiger partial charge in [0.25, 0.3) is 0 Å². The molecule has 1 saturated carbocycles. The van der Waals surface area contributed by atoms with Gasteiger partial charge in [0.05, 0.1) is 31.1 Å². The van der Waals surface area contributed by atoms with Gasteiger partial charge in [-0.05, 0) is 43.5 Å². The van der Waals surface area contributed by atoms with Gasteiger partial charge >= 0.3 is 7.60 Å². The van der Waals surface area contributed by atoms with Crippen LogP contribution >= 0.6 is 19.2 Å². The van der Waals surface area contributed by atoms with Crippen LogP contribution in [0.4, 0.5) is 5.82 Å². The van der Waals surface area contributed by atoms with E-state index in [4.69, 9.17) is 25.8 Å². The Morgan fingerprint density at radius 1 is 1.38 bits per heavy atom. The van der Waals surface area contributed by atoms with E-state index in [1.165, 1.54) is 20.0 Å². The third-order valence-electron chi connectivity index (χ3n) is 7.05. The first-order chi connectivity index (χ1) is 17.6. The molecular weight excluding hydrogens is 525 g/mol. The molecule has 1 aliphatic carbocycles. The van der Waals surface area contributed by atoms with Crippen molar-refractivity contribution in [3.63, 3.8) is 0 Å². The molecule has 2 aliphatic rings. The molecule has 2 fully saturated rings. The Morgan fingerprint density at radius 3 is 2.76 bits per heavy atom. The number of aromatic nitrogens is 3. The van der Waals surface area contributed by atoms with Gasteiger partial charge in [0, 0.05) is 38.8 Å². The molecule has 2 aromatic rings. The summed E-state index contributed by atoms with van der Waals surface area (Å²) in [6, 6.07) is 3.99. The first-order valence-electron chi connectivity index (χ1n) is 12.3. The van der Waals surface area contributed by atoms with Gasteiger partial charge in [0.15, 0.2) is 11.2 Å². The van der Waals surface area contributed by atoms with Gasteiger partial charge in [-0.15, -0.1) is 5.10 Å². The normalized spacial score (nSPS) is 25.2. The van der Waals surface area contributed by atoms with Crippen LogP contribution in [0.5, 0.6) is 0 Å². The van der Waals surface area contributed by atoms with Crippen molar-refractivity contribution in [2.45, 2.75) is 75.1 Å². The number of aliphatic hydroxyl groups is 1. The second-order valence-corrected chi connectivity index (χ2v) is 12.0. The maximum atomic E-state index is 12.5. The fourth-order valence-corrected chi connectivity index (χ4v) is 6.20. The Kier molecular flexibility index (Phi) is 8.92. The zero-order valence-corrected chi connectivity index (χ0v) is 22.9. The Labute approximate surface area is 220 Å². The lowest BCUT2D eigenvalue weighted by Crippen LogP contribution is -2.41. The minimum Gasteiger partial charge on any atom is -0.390 e. The molecule has 0 bridgehead atoms. The maximum Gasteiger partial charge on any atom is 0.359 e. The second kappa shape index (κ2) is 11.6. The van der Waals surface area contributed by atoms with Crippen LogP contribution in [0.2, 0.25) is 5.28 Å². The lowest BCUT2D eigenvalue weighted by molar-refractivity contribution is -0.0896. The van der Waals surface area contributed by atoms with Crippen LogP contribution in [-0.4, -0.2) is 86.2 Å². The van der Waals surface area contributed by atoms with Crippen molar-refractivity contribution in [3.05, 3.63) is 23.1 Å². The molecule has 12 nitrogen and oxygen atoms in total. The van der Waals surface area contributed by atoms with Crippen LogP contribution in [0.3, 0.4) is 0 Å². The summed E-state index contributed by atoms with van der Waals surface area (Å²) in [4.78, 5) is 28.6. The Hall–Kier alpha value is -1.63. The monoisotopic (exact) mass is 559 g/mol. The lowest BCUT2D eigenvalue weighted by Gasteiger charge is -2.34. The van der Waals surface area contributed by atoms with Crippen molar-refractivity contribution in [3.8, 4) is 0 Å². The molecule has 14 heteroatoms. The van der Waals surface area contributed by atoms with Gasteiger partial charge in [0.2, 0.25) is 5.28 Å². The van der Waals surface area contributed by atoms with E-state index in [0.29, 0.717) is 23.3 Å². The molecule has 1 unspecified atom stereocenters. The Bertz CT molecular complexity index is 1170. The van der Waals surface area contributed by atoms with Crippen molar-refractivity contribution >= 4 is 36.2 Å². The van der Waals surface area contributed by atoms with E-state index in [1.54, 1.807) is 18.5 Å². The molecule has 4 N–H and O–H groups in total. The summed E-state index contributed by atoms with van der Waals surface area (Å²) in [6.07, 6.45) is 2.30. The number of aliphatic hydroxyl groups excluding tert-OH is 1. The lowest BCUT2D eigenvalue weighted by atomic mass is 10.1. The highest BCUT2D eigenvalue weighted by atomic mass is 35.5. The van der Waals surface area contributed by atoms with Crippen molar-refractivity contribution in [1.82, 2.24) is 14.6 Å². The zero-order valence-electron chi connectivity index (χ0n) is 21.2. The topological polar surface area (TPSA) is 160 Å². The van der Waals surface area contributed by atoms with Gasteiger partial charge in [0.1, 0.15) is 11.6 Å². The van der Waals surface area contributed by atoms with Crippen LogP contribution < -0.4 is 5.32 Å². The maximum absolute atomic E-state index is 12.5. The van der Waals surface area contributed by atoms with Crippen molar-refractivity contribution in [2.24, 2.45) is 4.99 Å². The minimum atomic E-state index is -4.77. The van der Waals surface area contributed by atoms with Crippen LogP contribution in [-0.2, 0) is 18.8 Å². The average Bonchev–Trinajstić information content (AvgIpc) is 3.57. The predicted molar refractivity (Wildman–Crippen MR) is 138 cm³/mol. The second-order valence-electron chi connectivity index (χ2n) is 9.76. The third-order valence-corrected chi connectivity index (χ3v) is 8.68. The van der Waals surface area contributed by atoms with Crippen LogP contribution in [0.25, 0.3) is 5.52 Å². The van der Waals surface area contributed by atoms with Crippen molar-refractivity contribution in [1.29, 1.82) is 0 Å². The molecule has 1 aliphatic heterocycles. The zero-order chi connectivity index (χ0) is 26.8. The minimum absolute atomic E-state index is 0.0665. The van der Waals surface area contributed by atoms with Crippen molar-refractivity contribution < 1.29 is 33.7 Å². The number of nitrogens with zero attached hydrogens (tertiary/aromatic N) is 4. The van der Waals surface area contributed by atoms with E-state index >= 15 is 0 Å². The molecule has 4 rings (SSSR count). The molecule has 1 saturated heterocycles. The molecule has 2 aromatic heterocycles. The number of hydrogen-bond donors (Lipinski definition) is 4. The van der Waals surface area contributed by atoms with Gasteiger partial charge in [-0.25, -0.2) is 4.52 Å². The quantitative estimate of drug-likeness (QED) is 0.238. The molecular formula is C23H35ClN5O7P. The number of rotatable bonds is 11. The van der Waals surface area contributed by atoms with Crippen molar-refractivity contribution in [2.75, 3.05) is 32.7 Å². The summed E-state index contributed by atoms with van der Waals surface area (Å²) < 4.78 is 31.1. The van der Waals surface area contributed by atoms with E-state index in [2.05, 4.69) is 20.4 Å². The van der Waals surface area contributed by atoms with Gasteiger partial charge in [-0.2, -0.15) is 4.98 Å². The number of anilines is 1. The van der Waals surface area contributed by atoms with E-state index in [9.17, 15) is 19.5 Å². The highest BCUT2D eigenvalue weighted by Crippen LogP contribution is 2.54. The highest BCUT2D eigenvalue weighted by Gasteiger charge is 2.50. The fourth-order valence-electron chi connectivity index (χ4n) is 5.06. The van der Waals surface area contributed by atoms with Crippen LogP contribution in [0.15, 0.2) is 17.1 Å². The fraction of sp³-hybridized carbons (Fsp3) is 0.696. The summed E-state index contributed by atoms with van der Waals surface area (Å²) in [5.74, 6) is 0.629. The van der Waals surface area contributed by atoms with Crippen LogP contribution in [0, 0.1) is 0 Å². The number of methoxy groups -OCH3 is 1. The van der Waals surface area contributed by atoms with E-state index in [-0.39, 0.29) is 31.3 Å². The number of aliphatic imine (C=N–C) groups is 1. The molecule has 0 radical (unpaired) electrons. The summed E-state index contributed by atoms with van der Waals surface area (Å²) in [5.41, 5.74) is 1.82. The molecule has 206 valence electrons. The SMILES string of the molecule is CN=C(C)CC(COC)(OC[C@@H]1C[C@@H](O)[C@H](c2ccc3c(NC4CCCC4)nc(Cl)nn23)O1)P(=O)(O)O. The number of fused-ring (bicyclic) bond motifs is 1. The Morgan fingerprint density at radius 2 is 2.11 bits per heavy atom. The molecule has 4 atom stereocenters. The summed E-state index contributed by atoms with van der Waals surface area (Å²) >= 11 is 6.23. The van der Waals surface area contributed by atoms with E-state index < -0.39 is 31.2 Å².